The molecule has 5 nitrogen and oxygen atoms in total. The lowest BCUT2D eigenvalue weighted by Crippen LogP contribution is -2.14. The zero-order chi connectivity index (χ0) is 14.5. The molecule has 0 fully saturated rings. The molecular formula is C15H19N3O2. The summed E-state index contributed by atoms with van der Waals surface area (Å²) in [4.78, 5) is 16.1. The summed E-state index contributed by atoms with van der Waals surface area (Å²) in [7, 11) is 0. The lowest BCUT2D eigenvalue weighted by Gasteiger charge is -2.08. The van der Waals surface area contributed by atoms with Crippen LogP contribution in [0.15, 0.2) is 30.3 Å². The maximum atomic E-state index is 11.6. The van der Waals surface area contributed by atoms with Crippen molar-refractivity contribution in [2.75, 3.05) is 6.61 Å². The third-order valence-corrected chi connectivity index (χ3v) is 2.83. The number of hydrogen-bond acceptors (Lipinski definition) is 4. The van der Waals surface area contributed by atoms with Gasteiger partial charge in [0.05, 0.1) is 6.61 Å². The van der Waals surface area contributed by atoms with E-state index in [9.17, 15) is 4.79 Å². The van der Waals surface area contributed by atoms with Crippen LogP contribution in [-0.4, -0.2) is 27.3 Å². The smallest absolute Gasteiger partial charge is 0.313 e. The molecule has 0 spiro atoms. The summed E-state index contributed by atoms with van der Waals surface area (Å²) in [5.74, 6) is 0.998. The highest BCUT2D eigenvalue weighted by Gasteiger charge is 2.17. The Bertz CT molecular complexity index is 576. The van der Waals surface area contributed by atoms with Gasteiger partial charge in [0.2, 0.25) is 0 Å². The number of esters is 1. The normalized spacial score (nSPS) is 10.8. The van der Waals surface area contributed by atoms with Crippen molar-refractivity contribution in [3.8, 4) is 11.4 Å². The van der Waals surface area contributed by atoms with E-state index in [0.29, 0.717) is 18.3 Å². The van der Waals surface area contributed by atoms with Gasteiger partial charge in [-0.25, -0.2) is 9.67 Å². The van der Waals surface area contributed by atoms with Crippen molar-refractivity contribution in [1.82, 2.24) is 14.8 Å². The van der Waals surface area contributed by atoms with Crippen LogP contribution in [0.4, 0.5) is 0 Å². The van der Waals surface area contributed by atoms with E-state index in [-0.39, 0.29) is 18.4 Å². The van der Waals surface area contributed by atoms with Gasteiger partial charge in [0.15, 0.2) is 5.82 Å². The Morgan fingerprint density at radius 3 is 2.60 bits per heavy atom. The summed E-state index contributed by atoms with van der Waals surface area (Å²) >= 11 is 0. The number of carbonyl (C=O) groups excluding carboxylic acids is 1. The zero-order valence-corrected chi connectivity index (χ0v) is 12.0. The summed E-state index contributed by atoms with van der Waals surface area (Å²) in [6.07, 6.45) is 0.145. The topological polar surface area (TPSA) is 57.0 Å². The monoisotopic (exact) mass is 273 g/mol. The van der Waals surface area contributed by atoms with Gasteiger partial charge in [-0.3, -0.25) is 4.79 Å². The van der Waals surface area contributed by atoms with Gasteiger partial charge < -0.3 is 4.74 Å². The van der Waals surface area contributed by atoms with Crippen LogP contribution >= 0.6 is 0 Å². The molecule has 1 heterocycles. The van der Waals surface area contributed by atoms with Gasteiger partial charge in [-0.1, -0.05) is 30.3 Å². The second kappa shape index (κ2) is 6.32. The number of aromatic nitrogens is 3. The molecule has 0 radical (unpaired) electrons. The fourth-order valence-corrected chi connectivity index (χ4v) is 1.94. The van der Waals surface area contributed by atoms with E-state index in [1.807, 2.05) is 44.2 Å². The van der Waals surface area contributed by atoms with Crippen LogP contribution in [0.25, 0.3) is 11.4 Å². The maximum Gasteiger partial charge on any atom is 0.313 e. The van der Waals surface area contributed by atoms with Crippen LogP contribution in [0, 0.1) is 0 Å². The predicted molar refractivity (Wildman–Crippen MR) is 76.2 cm³/mol. The van der Waals surface area contributed by atoms with E-state index in [2.05, 4.69) is 10.1 Å². The third kappa shape index (κ3) is 3.23. The molecule has 106 valence electrons. The molecule has 0 bridgehead atoms. The van der Waals surface area contributed by atoms with Crippen molar-refractivity contribution in [2.24, 2.45) is 0 Å². The summed E-state index contributed by atoms with van der Waals surface area (Å²) in [5.41, 5.74) is 0.942. The molecule has 0 saturated carbocycles. The Balaban J connectivity index is 2.31. The van der Waals surface area contributed by atoms with Crippen LogP contribution in [0.2, 0.25) is 0 Å². The summed E-state index contributed by atoms with van der Waals surface area (Å²) in [6.45, 7) is 6.19. The Kier molecular flexibility index (Phi) is 4.50. The van der Waals surface area contributed by atoms with Crippen molar-refractivity contribution in [2.45, 2.75) is 33.2 Å². The van der Waals surface area contributed by atoms with Gasteiger partial charge in [-0.2, -0.15) is 5.10 Å². The molecule has 1 aromatic heterocycles. The van der Waals surface area contributed by atoms with Crippen LogP contribution in [0.5, 0.6) is 0 Å². The molecule has 2 aromatic rings. The van der Waals surface area contributed by atoms with E-state index in [0.717, 1.165) is 5.56 Å². The number of benzene rings is 1. The number of carbonyl (C=O) groups is 1. The Morgan fingerprint density at radius 2 is 2.00 bits per heavy atom. The van der Waals surface area contributed by atoms with Gasteiger partial charge in [-0.05, 0) is 20.8 Å². The third-order valence-electron chi connectivity index (χ3n) is 2.83. The minimum atomic E-state index is -0.276. The first-order valence-corrected chi connectivity index (χ1v) is 6.78. The van der Waals surface area contributed by atoms with E-state index in [1.54, 1.807) is 11.6 Å². The molecule has 0 atom stereocenters. The molecule has 0 amide bonds. The molecule has 5 heteroatoms. The van der Waals surface area contributed by atoms with Crippen LogP contribution in [0.3, 0.4) is 0 Å². The minimum absolute atomic E-state index is 0.143. The van der Waals surface area contributed by atoms with Gasteiger partial charge in [0.25, 0.3) is 0 Å². The number of rotatable bonds is 5. The molecule has 20 heavy (non-hydrogen) atoms. The molecule has 0 aliphatic heterocycles. The highest BCUT2D eigenvalue weighted by molar-refractivity contribution is 5.71. The first-order valence-electron chi connectivity index (χ1n) is 6.78. The molecule has 0 N–H and O–H groups in total. The molecule has 0 unspecified atom stereocenters. The zero-order valence-electron chi connectivity index (χ0n) is 12.0. The molecule has 2 rings (SSSR count). The lowest BCUT2D eigenvalue weighted by atomic mass is 10.2. The second-order valence-electron chi connectivity index (χ2n) is 4.74. The standard InChI is InChI=1S/C15H19N3O2/c1-4-20-14(19)10-13-16-15(17-18(13)11(2)3)12-8-6-5-7-9-12/h5-9,11H,4,10H2,1-3H3. The van der Waals surface area contributed by atoms with Gasteiger partial charge in [0, 0.05) is 11.6 Å². The quantitative estimate of drug-likeness (QED) is 0.786. The van der Waals surface area contributed by atoms with Crippen LogP contribution < -0.4 is 0 Å². The summed E-state index contributed by atoms with van der Waals surface area (Å²) in [5, 5.41) is 4.49. The van der Waals surface area contributed by atoms with Gasteiger partial charge in [-0.15, -0.1) is 0 Å². The van der Waals surface area contributed by atoms with Crippen molar-refractivity contribution in [3.63, 3.8) is 0 Å². The molecule has 1 aromatic carbocycles. The van der Waals surface area contributed by atoms with E-state index in [1.165, 1.54) is 0 Å². The predicted octanol–water partition coefficient (Wildman–Crippen LogP) is 2.63. The number of hydrogen-bond donors (Lipinski definition) is 0. The van der Waals surface area contributed by atoms with Crippen LogP contribution in [-0.2, 0) is 16.0 Å². The summed E-state index contributed by atoms with van der Waals surface area (Å²) < 4.78 is 6.75. The van der Waals surface area contributed by atoms with Crippen molar-refractivity contribution >= 4 is 5.97 Å². The highest BCUT2D eigenvalue weighted by atomic mass is 16.5. The minimum Gasteiger partial charge on any atom is -0.466 e. The maximum absolute atomic E-state index is 11.6. The molecule has 0 aliphatic carbocycles. The largest absolute Gasteiger partial charge is 0.466 e. The first kappa shape index (κ1) is 14.2. The highest BCUT2D eigenvalue weighted by Crippen LogP contribution is 2.18. The fourth-order valence-electron chi connectivity index (χ4n) is 1.94. The Labute approximate surface area is 118 Å². The molecule has 0 aliphatic rings. The van der Waals surface area contributed by atoms with E-state index in [4.69, 9.17) is 4.74 Å². The first-order chi connectivity index (χ1) is 9.61. The Morgan fingerprint density at radius 1 is 1.30 bits per heavy atom. The van der Waals surface area contributed by atoms with Gasteiger partial charge >= 0.3 is 5.97 Å². The molecule has 0 saturated heterocycles. The van der Waals surface area contributed by atoms with Crippen LogP contribution in [0.1, 0.15) is 32.6 Å². The SMILES string of the molecule is CCOC(=O)Cc1nc(-c2ccccc2)nn1C(C)C. The van der Waals surface area contributed by atoms with Crippen molar-refractivity contribution in [1.29, 1.82) is 0 Å². The average molecular weight is 273 g/mol. The van der Waals surface area contributed by atoms with E-state index < -0.39 is 0 Å². The molecular weight excluding hydrogens is 254 g/mol. The van der Waals surface area contributed by atoms with Crippen molar-refractivity contribution in [3.05, 3.63) is 36.2 Å². The second-order valence-corrected chi connectivity index (χ2v) is 4.74. The Hall–Kier alpha value is -2.17. The van der Waals surface area contributed by atoms with Crippen molar-refractivity contribution < 1.29 is 9.53 Å². The summed E-state index contributed by atoms with van der Waals surface area (Å²) in [6, 6.07) is 9.88. The number of nitrogens with zero attached hydrogens (tertiary/aromatic N) is 3. The average Bonchev–Trinajstić information content (AvgIpc) is 2.84. The van der Waals surface area contributed by atoms with E-state index >= 15 is 0 Å². The lowest BCUT2D eigenvalue weighted by molar-refractivity contribution is -0.142. The van der Waals surface area contributed by atoms with Gasteiger partial charge in [0.1, 0.15) is 12.2 Å². The fraction of sp³-hybridized carbons (Fsp3) is 0.400. The number of ether oxygens (including phenoxy) is 1.